The second-order valence-corrected chi connectivity index (χ2v) is 4.71. The number of halogens is 1. The number of nitrogens with one attached hydrogen (secondary N) is 1. The summed E-state index contributed by atoms with van der Waals surface area (Å²) < 4.78 is 12.7. The van der Waals surface area contributed by atoms with Gasteiger partial charge in [0.25, 0.3) is 5.91 Å². The molecule has 98 valence electrons. The number of carbonyl (C=O) groups excluding carboxylic acids is 1. The van der Waals surface area contributed by atoms with Crippen molar-refractivity contribution in [3.8, 4) is 0 Å². The van der Waals surface area contributed by atoms with Gasteiger partial charge in [-0.3, -0.25) is 4.79 Å². The number of amides is 1. The van der Waals surface area contributed by atoms with E-state index in [2.05, 4.69) is 10.3 Å². The fraction of sp³-hybridized carbons (Fsp3) is 0.538. The SMILES string of the molecule is O=C(NCC1CCCC1CO)c1ccc(F)cn1. The van der Waals surface area contributed by atoms with E-state index in [1.54, 1.807) is 0 Å². The van der Waals surface area contributed by atoms with Crippen LogP contribution in [0.5, 0.6) is 0 Å². The van der Waals surface area contributed by atoms with Crippen molar-refractivity contribution in [1.29, 1.82) is 0 Å². The van der Waals surface area contributed by atoms with Gasteiger partial charge in [-0.25, -0.2) is 9.37 Å². The lowest BCUT2D eigenvalue weighted by Gasteiger charge is -2.17. The molecular formula is C13H17FN2O2. The number of rotatable bonds is 4. The molecule has 1 aliphatic carbocycles. The lowest BCUT2D eigenvalue weighted by Crippen LogP contribution is -2.32. The van der Waals surface area contributed by atoms with E-state index in [9.17, 15) is 14.3 Å². The summed E-state index contributed by atoms with van der Waals surface area (Å²) in [4.78, 5) is 15.5. The Labute approximate surface area is 105 Å². The second-order valence-electron chi connectivity index (χ2n) is 4.71. The number of nitrogens with zero attached hydrogens (tertiary/aromatic N) is 1. The van der Waals surface area contributed by atoms with Crippen LogP contribution in [0.4, 0.5) is 4.39 Å². The molecule has 1 aromatic rings. The molecule has 0 saturated heterocycles. The maximum Gasteiger partial charge on any atom is 0.269 e. The van der Waals surface area contributed by atoms with E-state index in [1.165, 1.54) is 12.1 Å². The Morgan fingerprint density at radius 3 is 2.89 bits per heavy atom. The largest absolute Gasteiger partial charge is 0.396 e. The molecule has 0 aliphatic heterocycles. The van der Waals surface area contributed by atoms with Crippen molar-refractivity contribution < 1.29 is 14.3 Å². The Kier molecular flexibility index (Phi) is 4.25. The molecule has 0 aromatic carbocycles. The highest BCUT2D eigenvalue weighted by molar-refractivity contribution is 5.92. The predicted molar refractivity (Wildman–Crippen MR) is 64.4 cm³/mol. The van der Waals surface area contributed by atoms with Gasteiger partial charge in [-0.1, -0.05) is 6.42 Å². The van der Waals surface area contributed by atoms with E-state index in [0.29, 0.717) is 12.5 Å². The molecule has 18 heavy (non-hydrogen) atoms. The summed E-state index contributed by atoms with van der Waals surface area (Å²) in [6, 6.07) is 2.58. The van der Waals surface area contributed by atoms with Gasteiger partial charge in [0.2, 0.25) is 0 Å². The Balaban J connectivity index is 1.86. The fourth-order valence-electron chi connectivity index (χ4n) is 2.45. The van der Waals surface area contributed by atoms with E-state index in [4.69, 9.17) is 0 Å². The first-order valence-corrected chi connectivity index (χ1v) is 6.21. The number of pyridine rings is 1. The Bertz CT molecular complexity index is 408. The molecule has 2 rings (SSSR count). The molecule has 4 nitrogen and oxygen atoms in total. The third kappa shape index (κ3) is 3.04. The van der Waals surface area contributed by atoms with Crippen molar-refractivity contribution in [3.05, 3.63) is 29.8 Å². The quantitative estimate of drug-likeness (QED) is 0.850. The first-order valence-electron chi connectivity index (χ1n) is 6.21. The minimum Gasteiger partial charge on any atom is -0.396 e. The van der Waals surface area contributed by atoms with Crippen LogP contribution in [-0.2, 0) is 0 Å². The van der Waals surface area contributed by atoms with E-state index in [-0.39, 0.29) is 24.1 Å². The summed E-state index contributed by atoms with van der Waals surface area (Å²) in [5, 5.41) is 12.0. The zero-order valence-electron chi connectivity index (χ0n) is 10.1. The number of hydrogen-bond donors (Lipinski definition) is 2. The first-order chi connectivity index (χ1) is 8.70. The van der Waals surface area contributed by atoms with E-state index < -0.39 is 5.82 Å². The number of hydrogen-bond acceptors (Lipinski definition) is 3. The Hall–Kier alpha value is -1.49. The molecule has 1 fully saturated rings. The highest BCUT2D eigenvalue weighted by Crippen LogP contribution is 2.30. The molecule has 2 unspecified atom stereocenters. The van der Waals surface area contributed by atoms with E-state index >= 15 is 0 Å². The van der Waals surface area contributed by atoms with Gasteiger partial charge < -0.3 is 10.4 Å². The van der Waals surface area contributed by atoms with Gasteiger partial charge in [-0.05, 0) is 36.8 Å². The standard InChI is InChI=1S/C13H17FN2O2/c14-11-4-5-12(15-7-11)13(18)16-6-9-2-1-3-10(9)8-17/h4-5,7,9-10,17H,1-3,6,8H2,(H,16,18). The maximum atomic E-state index is 12.7. The van der Waals surface area contributed by atoms with Crippen LogP contribution < -0.4 is 5.32 Å². The molecule has 1 aromatic heterocycles. The van der Waals surface area contributed by atoms with Gasteiger partial charge in [0.15, 0.2) is 0 Å². The molecule has 1 saturated carbocycles. The molecule has 0 bridgehead atoms. The summed E-state index contributed by atoms with van der Waals surface area (Å²) in [5.41, 5.74) is 0.218. The molecular weight excluding hydrogens is 235 g/mol. The van der Waals surface area contributed by atoms with Crippen molar-refractivity contribution in [1.82, 2.24) is 10.3 Å². The van der Waals surface area contributed by atoms with Crippen LogP contribution in [0.1, 0.15) is 29.8 Å². The van der Waals surface area contributed by atoms with Crippen LogP contribution in [0.25, 0.3) is 0 Å². The zero-order valence-corrected chi connectivity index (χ0v) is 10.1. The summed E-state index contributed by atoms with van der Waals surface area (Å²) in [5.74, 6) is -0.132. The van der Waals surface area contributed by atoms with Gasteiger partial charge >= 0.3 is 0 Å². The minimum absolute atomic E-state index is 0.176. The van der Waals surface area contributed by atoms with Gasteiger partial charge in [0.1, 0.15) is 11.5 Å². The van der Waals surface area contributed by atoms with Crippen molar-refractivity contribution in [2.24, 2.45) is 11.8 Å². The van der Waals surface area contributed by atoms with Crippen LogP contribution in [0.3, 0.4) is 0 Å². The molecule has 5 heteroatoms. The van der Waals surface area contributed by atoms with Crippen LogP contribution in [0, 0.1) is 17.7 Å². The van der Waals surface area contributed by atoms with Crippen LogP contribution in [0.15, 0.2) is 18.3 Å². The third-order valence-electron chi connectivity index (χ3n) is 3.54. The van der Waals surface area contributed by atoms with Crippen molar-refractivity contribution in [2.75, 3.05) is 13.2 Å². The monoisotopic (exact) mass is 252 g/mol. The summed E-state index contributed by atoms with van der Waals surface area (Å²) in [6.45, 7) is 0.721. The summed E-state index contributed by atoms with van der Waals surface area (Å²) >= 11 is 0. The topological polar surface area (TPSA) is 62.2 Å². The molecule has 0 radical (unpaired) electrons. The first kappa shape index (κ1) is 13.0. The van der Waals surface area contributed by atoms with Crippen LogP contribution in [0.2, 0.25) is 0 Å². The smallest absolute Gasteiger partial charge is 0.269 e. The van der Waals surface area contributed by atoms with Gasteiger partial charge in [-0.2, -0.15) is 0 Å². The highest BCUT2D eigenvalue weighted by atomic mass is 19.1. The van der Waals surface area contributed by atoms with E-state index in [0.717, 1.165) is 25.5 Å². The zero-order chi connectivity index (χ0) is 13.0. The second kappa shape index (κ2) is 5.91. The van der Waals surface area contributed by atoms with Crippen molar-refractivity contribution in [2.45, 2.75) is 19.3 Å². The Morgan fingerprint density at radius 1 is 1.44 bits per heavy atom. The highest BCUT2D eigenvalue weighted by Gasteiger charge is 2.26. The number of aliphatic hydroxyl groups excluding tert-OH is 1. The summed E-state index contributed by atoms with van der Waals surface area (Å²) in [6.07, 6.45) is 4.18. The summed E-state index contributed by atoms with van der Waals surface area (Å²) in [7, 11) is 0. The molecule has 1 aliphatic rings. The molecule has 0 spiro atoms. The molecule has 1 heterocycles. The third-order valence-corrected chi connectivity index (χ3v) is 3.54. The fourth-order valence-corrected chi connectivity index (χ4v) is 2.45. The number of aromatic nitrogens is 1. The van der Waals surface area contributed by atoms with Gasteiger partial charge in [-0.15, -0.1) is 0 Å². The normalized spacial score (nSPS) is 23.0. The molecule has 2 N–H and O–H groups in total. The number of carbonyl (C=O) groups is 1. The molecule has 2 atom stereocenters. The predicted octanol–water partition coefficient (Wildman–Crippen LogP) is 1.36. The van der Waals surface area contributed by atoms with Crippen molar-refractivity contribution in [3.63, 3.8) is 0 Å². The Morgan fingerprint density at radius 2 is 2.22 bits per heavy atom. The van der Waals surface area contributed by atoms with Gasteiger partial charge in [0.05, 0.1) is 6.20 Å². The van der Waals surface area contributed by atoms with E-state index in [1.807, 2.05) is 0 Å². The van der Waals surface area contributed by atoms with Crippen molar-refractivity contribution >= 4 is 5.91 Å². The average molecular weight is 252 g/mol. The average Bonchev–Trinajstić information content (AvgIpc) is 2.84. The lowest BCUT2D eigenvalue weighted by molar-refractivity contribution is 0.0932. The van der Waals surface area contributed by atoms with Crippen LogP contribution >= 0.6 is 0 Å². The lowest BCUT2D eigenvalue weighted by atomic mass is 9.97. The minimum atomic E-state index is -0.456. The van der Waals surface area contributed by atoms with Gasteiger partial charge in [0, 0.05) is 13.2 Å². The van der Waals surface area contributed by atoms with Crippen LogP contribution in [-0.4, -0.2) is 29.1 Å². The number of aliphatic hydroxyl groups is 1. The maximum absolute atomic E-state index is 12.7. The molecule has 1 amide bonds.